The summed E-state index contributed by atoms with van der Waals surface area (Å²) in [5.41, 5.74) is 0.303. The second-order valence-corrected chi connectivity index (χ2v) is 6.88. The van der Waals surface area contributed by atoms with E-state index in [4.69, 9.17) is 4.74 Å². The van der Waals surface area contributed by atoms with Gasteiger partial charge in [0.05, 0.1) is 12.3 Å². The maximum Gasteiger partial charge on any atom is 0.339 e. The Labute approximate surface area is 139 Å². The van der Waals surface area contributed by atoms with Crippen molar-refractivity contribution in [3.8, 4) is 5.75 Å². The van der Waals surface area contributed by atoms with E-state index in [1.807, 2.05) is 20.8 Å². The fraction of sp³-hybridized carbons (Fsp3) is 0.438. The molecule has 0 atom stereocenters. The summed E-state index contributed by atoms with van der Waals surface area (Å²) in [7, 11) is 0. The van der Waals surface area contributed by atoms with Gasteiger partial charge in [0.1, 0.15) is 5.75 Å². The summed E-state index contributed by atoms with van der Waals surface area (Å²) >= 11 is 1.63. The van der Waals surface area contributed by atoms with Crippen LogP contribution in [0.5, 0.6) is 5.75 Å². The molecule has 0 spiro atoms. The van der Waals surface area contributed by atoms with Gasteiger partial charge in [-0.25, -0.2) is 9.69 Å². The third-order valence-corrected chi connectivity index (χ3v) is 4.31. The topological polar surface area (TPSA) is 66.9 Å². The summed E-state index contributed by atoms with van der Waals surface area (Å²) in [6, 6.07) is 6.09. The van der Waals surface area contributed by atoms with Crippen LogP contribution in [0.25, 0.3) is 0 Å². The average Bonchev–Trinajstić information content (AvgIpc) is 2.72. The van der Waals surface area contributed by atoms with Crippen molar-refractivity contribution in [3.63, 3.8) is 0 Å². The molecule has 1 aliphatic rings. The first-order valence-electron chi connectivity index (χ1n) is 7.50. The minimum atomic E-state index is -0.836. The highest BCUT2D eigenvalue weighted by molar-refractivity contribution is 7.99. The summed E-state index contributed by atoms with van der Waals surface area (Å²) in [5.74, 6) is -0.617. The molecule has 6 nitrogen and oxygen atoms in total. The van der Waals surface area contributed by atoms with Crippen molar-refractivity contribution in [2.75, 3.05) is 23.8 Å². The summed E-state index contributed by atoms with van der Waals surface area (Å²) in [5, 5.41) is 0.397. The molecular formula is C16H20N2O4S. The zero-order valence-corrected chi connectivity index (χ0v) is 14.3. The van der Waals surface area contributed by atoms with Gasteiger partial charge in [-0.15, -0.1) is 0 Å². The Bertz CT molecular complexity index is 618. The Morgan fingerprint density at radius 1 is 1.13 bits per heavy atom. The van der Waals surface area contributed by atoms with Gasteiger partial charge >= 0.3 is 17.8 Å². The van der Waals surface area contributed by atoms with Crippen molar-refractivity contribution in [2.24, 2.45) is 0 Å². The van der Waals surface area contributed by atoms with E-state index in [1.165, 1.54) is 0 Å². The number of carbonyl (C=O) groups is 3. The lowest BCUT2D eigenvalue weighted by molar-refractivity contribution is -0.139. The molecule has 1 aromatic carbocycles. The minimum Gasteiger partial charge on any atom is -0.492 e. The molecule has 1 saturated heterocycles. The molecule has 0 unspecified atom stereocenters. The second-order valence-electron chi connectivity index (χ2n) is 5.20. The third-order valence-electron chi connectivity index (χ3n) is 3.23. The molecule has 124 valence electrons. The zero-order chi connectivity index (χ0) is 17.0. The molecule has 23 heavy (non-hydrogen) atoms. The molecule has 2 rings (SSSR count). The van der Waals surface area contributed by atoms with Gasteiger partial charge in [0, 0.05) is 12.3 Å². The third kappa shape index (κ3) is 3.67. The lowest BCUT2D eigenvalue weighted by Gasteiger charge is -2.18. The summed E-state index contributed by atoms with van der Waals surface area (Å²) in [6.45, 7) is 6.50. The monoisotopic (exact) mass is 336 g/mol. The molecule has 7 heteroatoms. The van der Waals surface area contributed by atoms with Crippen LogP contribution in [-0.2, 0) is 9.59 Å². The SMILES string of the molecule is CCOc1ccccc1N1C(=O)C(=O)N(CCSC(C)C)C1=O. The first kappa shape index (κ1) is 17.3. The number of carbonyl (C=O) groups excluding carboxylic acids is 3. The number of anilines is 1. The van der Waals surface area contributed by atoms with Crippen LogP contribution in [0.4, 0.5) is 10.5 Å². The molecule has 0 aromatic heterocycles. The Morgan fingerprint density at radius 3 is 2.48 bits per heavy atom. The van der Waals surface area contributed by atoms with Crippen LogP contribution in [0.2, 0.25) is 0 Å². The van der Waals surface area contributed by atoms with E-state index in [1.54, 1.807) is 36.0 Å². The number of para-hydroxylation sites is 2. The van der Waals surface area contributed by atoms with Gasteiger partial charge in [0.25, 0.3) is 0 Å². The van der Waals surface area contributed by atoms with Gasteiger partial charge in [-0.1, -0.05) is 26.0 Å². The number of amides is 4. The van der Waals surface area contributed by atoms with Crippen molar-refractivity contribution >= 4 is 35.3 Å². The van der Waals surface area contributed by atoms with Gasteiger partial charge in [-0.3, -0.25) is 14.5 Å². The number of nitrogens with zero attached hydrogens (tertiary/aromatic N) is 2. The van der Waals surface area contributed by atoms with Gasteiger partial charge in [0.2, 0.25) is 0 Å². The Kier molecular flexibility index (Phi) is 5.65. The van der Waals surface area contributed by atoms with Crippen molar-refractivity contribution in [2.45, 2.75) is 26.0 Å². The van der Waals surface area contributed by atoms with Crippen molar-refractivity contribution in [1.82, 2.24) is 4.90 Å². The van der Waals surface area contributed by atoms with E-state index >= 15 is 0 Å². The van der Waals surface area contributed by atoms with E-state index in [2.05, 4.69) is 0 Å². The Hall–Kier alpha value is -2.02. The van der Waals surface area contributed by atoms with Crippen LogP contribution < -0.4 is 9.64 Å². The zero-order valence-electron chi connectivity index (χ0n) is 13.4. The van der Waals surface area contributed by atoms with Crippen LogP contribution >= 0.6 is 11.8 Å². The second kappa shape index (κ2) is 7.50. The fourth-order valence-electron chi connectivity index (χ4n) is 2.21. The molecule has 0 bridgehead atoms. The number of ether oxygens (including phenoxy) is 1. The van der Waals surface area contributed by atoms with Crippen LogP contribution in [0.1, 0.15) is 20.8 Å². The van der Waals surface area contributed by atoms with Gasteiger partial charge in [0.15, 0.2) is 0 Å². The van der Waals surface area contributed by atoms with Crippen molar-refractivity contribution < 1.29 is 19.1 Å². The molecule has 0 radical (unpaired) electrons. The number of hydrogen-bond acceptors (Lipinski definition) is 5. The van der Waals surface area contributed by atoms with Crippen LogP contribution in [-0.4, -0.2) is 46.9 Å². The minimum absolute atomic E-state index is 0.222. The first-order valence-corrected chi connectivity index (χ1v) is 8.55. The first-order chi connectivity index (χ1) is 11.0. The highest BCUT2D eigenvalue weighted by Crippen LogP contribution is 2.31. The van der Waals surface area contributed by atoms with E-state index in [-0.39, 0.29) is 6.54 Å². The Balaban J connectivity index is 2.22. The van der Waals surface area contributed by atoms with Crippen LogP contribution in [0.15, 0.2) is 24.3 Å². The number of urea groups is 1. The number of benzene rings is 1. The van der Waals surface area contributed by atoms with E-state index < -0.39 is 17.8 Å². The van der Waals surface area contributed by atoms with E-state index in [0.717, 1.165) is 9.80 Å². The summed E-state index contributed by atoms with van der Waals surface area (Å²) < 4.78 is 5.45. The fourth-order valence-corrected chi connectivity index (χ4v) is 2.97. The predicted octanol–water partition coefficient (Wildman–Crippen LogP) is 2.52. The molecule has 4 amide bonds. The normalized spacial score (nSPS) is 15.0. The molecule has 0 N–H and O–H groups in total. The molecule has 1 heterocycles. The highest BCUT2D eigenvalue weighted by atomic mass is 32.2. The standard InChI is InChI=1S/C16H20N2O4S/c1-4-22-13-8-6-5-7-12(13)18-15(20)14(19)17(16(18)21)9-10-23-11(2)3/h5-8,11H,4,9-10H2,1-3H3. The quantitative estimate of drug-likeness (QED) is 0.565. The molecular weight excluding hydrogens is 316 g/mol. The van der Waals surface area contributed by atoms with E-state index in [0.29, 0.717) is 29.0 Å². The molecule has 1 fully saturated rings. The largest absolute Gasteiger partial charge is 0.492 e. The maximum absolute atomic E-state index is 12.5. The molecule has 0 saturated carbocycles. The molecule has 1 aromatic rings. The number of thioether (sulfide) groups is 1. The van der Waals surface area contributed by atoms with Crippen molar-refractivity contribution in [3.05, 3.63) is 24.3 Å². The van der Waals surface area contributed by atoms with Gasteiger partial charge in [-0.05, 0) is 24.3 Å². The highest BCUT2D eigenvalue weighted by Gasteiger charge is 2.45. The number of rotatable bonds is 7. The van der Waals surface area contributed by atoms with Gasteiger partial charge < -0.3 is 4.74 Å². The van der Waals surface area contributed by atoms with E-state index in [9.17, 15) is 14.4 Å². The lowest BCUT2D eigenvalue weighted by Crippen LogP contribution is -2.35. The molecule has 0 aliphatic carbocycles. The number of hydrogen-bond donors (Lipinski definition) is 0. The van der Waals surface area contributed by atoms with Crippen LogP contribution in [0.3, 0.4) is 0 Å². The number of imide groups is 2. The average molecular weight is 336 g/mol. The van der Waals surface area contributed by atoms with Crippen molar-refractivity contribution in [1.29, 1.82) is 0 Å². The summed E-state index contributed by atoms with van der Waals surface area (Å²) in [6.07, 6.45) is 0. The predicted molar refractivity (Wildman–Crippen MR) is 89.8 cm³/mol. The summed E-state index contributed by atoms with van der Waals surface area (Å²) in [4.78, 5) is 38.7. The smallest absolute Gasteiger partial charge is 0.339 e. The van der Waals surface area contributed by atoms with Crippen LogP contribution in [0, 0.1) is 0 Å². The lowest BCUT2D eigenvalue weighted by atomic mass is 10.2. The molecule has 1 aliphatic heterocycles. The Morgan fingerprint density at radius 2 is 1.83 bits per heavy atom. The van der Waals surface area contributed by atoms with Gasteiger partial charge in [-0.2, -0.15) is 11.8 Å². The maximum atomic E-state index is 12.5.